The van der Waals surface area contributed by atoms with Gasteiger partial charge >= 0.3 is 5.97 Å². The Morgan fingerprint density at radius 1 is 1.57 bits per heavy atom. The fourth-order valence-corrected chi connectivity index (χ4v) is 4.52. The lowest BCUT2D eigenvalue weighted by molar-refractivity contribution is -0.133. The minimum Gasteiger partial charge on any atom is -0.481 e. The van der Waals surface area contributed by atoms with Crippen LogP contribution in [0, 0.1) is 5.92 Å². The van der Waals surface area contributed by atoms with Crippen molar-refractivity contribution in [1.29, 1.82) is 0 Å². The Hall–Kier alpha value is -1.34. The fourth-order valence-electron chi connectivity index (χ4n) is 2.94. The van der Waals surface area contributed by atoms with E-state index in [9.17, 15) is 9.59 Å². The highest BCUT2D eigenvalue weighted by molar-refractivity contribution is 7.99. The number of aliphatic carboxylic acids is 1. The lowest BCUT2D eigenvalue weighted by Crippen LogP contribution is -2.28. The molecule has 7 heteroatoms. The molecule has 2 aromatic heterocycles. The van der Waals surface area contributed by atoms with Gasteiger partial charge in [-0.05, 0) is 30.2 Å². The topological polar surface area (TPSA) is 72.2 Å². The molecule has 1 saturated carbocycles. The van der Waals surface area contributed by atoms with Crippen molar-refractivity contribution in [3.8, 4) is 0 Å². The van der Waals surface area contributed by atoms with E-state index in [0.717, 1.165) is 31.0 Å². The Morgan fingerprint density at radius 3 is 3.05 bits per heavy atom. The van der Waals surface area contributed by atoms with Crippen LogP contribution in [0.4, 0.5) is 0 Å². The quantitative estimate of drug-likeness (QED) is 0.691. The van der Waals surface area contributed by atoms with Crippen LogP contribution in [0.1, 0.15) is 32.2 Å². The number of thioether (sulfide) groups is 1. The number of nitrogens with zero attached hydrogens (tertiary/aromatic N) is 2. The zero-order valence-corrected chi connectivity index (χ0v) is 13.2. The Bertz CT molecular complexity index is 737. The summed E-state index contributed by atoms with van der Waals surface area (Å²) in [7, 11) is 0. The molecule has 0 saturated heterocycles. The second-order valence-corrected chi connectivity index (χ2v) is 7.20. The molecular formula is C14H16N2O3S2. The second kappa shape index (κ2) is 5.81. The summed E-state index contributed by atoms with van der Waals surface area (Å²) in [4.78, 5) is 28.8. The molecule has 2 heterocycles. The van der Waals surface area contributed by atoms with Crippen molar-refractivity contribution < 1.29 is 9.90 Å². The minimum atomic E-state index is -0.897. The number of rotatable bonds is 4. The van der Waals surface area contributed by atoms with Crippen molar-refractivity contribution in [2.75, 3.05) is 5.75 Å². The molecule has 3 rings (SSSR count). The molecular weight excluding hydrogens is 308 g/mol. The predicted octanol–water partition coefficient (Wildman–Crippen LogP) is 3.00. The van der Waals surface area contributed by atoms with Crippen LogP contribution in [0.5, 0.6) is 0 Å². The Labute approximate surface area is 130 Å². The van der Waals surface area contributed by atoms with Gasteiger partial charge in [0, 0.05) is 6.04 Å². The molecule has 0 aromatic carbocycles. The maximum Gasteiger partial charge on any atom is 0.313 e. The number of thiophene rings is 1. The predicted molar refractivity (Wildman–Crippen MR) is 84.3 cm³/mol. The summed E-state index contributed by atoms with van der Waals surface area (Å²) in [6.45, 7) is 2.15. The van der Waals surface area contributed by atoms with Crippen molar-refractivity contribution >= 4 is 39.3 Å². The first-order valence-corrected chi connectivity index (χ1v) is 8.79. The molecule has 1 aliphatic rings. The largest absolute Gasteiger partial charge is 0.481 e. The summed E-state index contributed by atoms with van der Waals surface area (Å²) < 4.78 is 1.74. The molecule has 1 N–H and O–H groups in total. The van der Waals surface area contributed by atoms with E-state index in [-0.39, 0.29) is 17.4 Å². The van der Waals surface area contributed by atoms with Crippen molar-refractivity contribution in [3.63, 3.8) is 0 Å². The van der Waals surface area contributed by atoms with Crippen LogP contribution >= 0.6 is 23.1 Å². The van der Waals surface area contributed by atoms with Crippen LogP contribution in [0.3, 0.4) is 0 Å². The molecule has 0 aliphatic heterocycles. The van der Waals surface area contributed by atoms with Gasteiger partial charge in [-0.15, -0.1) is 11.3 Å². The third-order valence-corrected chi connectivity index (χ3v) is 5.71. The molecule has 2 aromatic rings. The molecule has 5 nitrogen and oxygen atoms in total. The van der Waals surface area contributed by atoms with Gasteiger partial charge in [0.1, 0.15) is 4.83 Å². The van der Waals surface area contributed by atoms with E-state index in [1.165, 1.54) is 11.3 Å². The Balaban J connectivity index is 2.13. The lowest BCUT2D eigenvalue weighted by atomic mass is 10.1. The third kappa shape index (κ3) is 2.72. The van der Waals surface area contributed by atoms with E-state index in [4.69, 9.17) is 5.11 Å². The maximum atomic E-state index is 12.8. The van der Waals surface area contributed by atoms with Crippen molar-refractivity contribution in [2.45, 2.75) is 37.4 Å². The van der Waals surface area contributed by atoms with E-state index in [0.29, 0.717) is 21.3 Å². The molecule has 0 spiro atoms. The lowest BCUT2D eigenvalue weighted by Gasteiger charge is -2.21. The molecule has 21 heavy (non-hydrogen) atoms. The number of fused-ring (bicyclic) bond motifs is 1. The van der Waals surface area contributed by atoms with Crippen LogP contribution in [0.15, 0.2) is 21.4 Å². The smallest absolute Gasteiger partial charge is 0.313 e. The summed E-state index contributed by atoms with van der Waals surface area (Å²) in [5, 5.41) is 11.9. The van der Waals surface area contributed by atoms with E-state index >= 15 is 0 Å². The van der Waals surface area contributed by atoms with Crippen LogP contribution in [0.25, 0.3) is 10.2 Å². The maximum absolute atomic E-state index is 12.8. The van der Waals surface area contributed by atoms with Gasteiger partial charge in [-0.2, -0.15) is 0 Å². The van der Waals surface area contributed by atoms with Crippen LogP contribution in [-0.4, -0.2) is 26.4 Å². The van der Waals surface area contributed by atoms with E-state index < -0.39 is 5.97 Å². The van der Waals surface area contributed by atoms with Crippen LogP contribution < -0.4 is 5.56 Å². The molecule has 1 aliphatic carbocycles. The van der Waals surface area contributed by atoms with Gasteiger partial charge in [-0.25, -0.2) is 4.98 Å². The van der Waals surface area contributed by atoms with Gasteiger partial charge < -0.3 is 5.11 Å². The highest BCUT2D eigenvalue weighted by Crippen LogP contribution is 2.37. The standard InChI is InChI=1S/C14H16N2O3S2/c1-8-3-2-4-10(8)16-13(19)9-5-6-20-12(9)15-14(16)21-7-11(17)18/h5-6,8,10H,2-4,7H2,1H3,(H,17,18). The van der Waals surface area contributed by atoms with Gasteiger partial charge in [-0.3, -0.25) is 14.2 Å². The molecule has 0 amide bonds. The zero-order valence-electron chi connectivity index (χ0n) is 11.6. The second-order valence-electron chi connectivity index (χ2n) is 5.37. The first-order valence-electron chi connectivity index (χ1n) is 6.92. The highest BCUT2D eigenvalue weighted by Gasteiger charge is 2.29. The molecule has 0 radical (unpaired) electrons. The average Bonchev–Trinajstić information content (AvgIpc) is 3.05. The van der Waals surface area contributed by atoms with Crippen LogP contribution in [0.2, 0.25) is 0 Å². The number of hydrogen-bond acceptors (Lipinski definition) is 5. The summed E-state index contributed by atoms with van der Waals surface area (Å²) in [5.41, 5.74) is -0.0344. The van der Waals surface area contributed by atoms with Gasteiger partial charge in [0.05, 0.1) is 11.1 Å². The van der Waals surface area contributed by atoms with E-state index in [2.05, 4.69) is 11.9 Å². The fraction of sp³-hybridized carbons (Fsp3) is 0.500. The molecule has 2 unspecified atom stereocenters. The summed E-state index contributed by atoms with van der Waals surface area (Å²) >= 11 is 2.55. The van der Waals surface area contributed by atoms with E-state index in [1.807, 2.05) is 5.38 Å². The first-order chi connectivity index (χ1) is 10.1. The number of carboxylic acids is 1. The van der Waals surface area contributed by atoms with Gasteiger partial charge in [0.25, 0.3) is 5.56 Å². The van der Waals surface area contributed by atoms with Crippen molar-refractivity contribution in [2.24, 2.45) is 5.92 Å². The van der Waals surface area contributed by atoms with Gasteiger partial charge in [0.15, 0.2) is 5.16 Å². The first kappa shape index (κ1) is 14.6. The summed E-state index contributed by atoms with van der Waals surface area (Å²) in [6.07, 6.45) is 3.16. The molecule has 0 bridgehead atoms. The van der Waals surface area contributed by atoms with Crippen LogP contribution in [-0.2, 0) is 4.79 Å². The SMILES string of the molecule is CC1CCCC1n1c(SCC(=O)O)nc2sccc2c1=O. The van der Waals surface area contributed by atoms with Crippen molar-refractivity contribution in [3.05, 3.63) is 21.8 Å². The summed E-state index contributed by atoms with van der Waals surface area (Å²) in [6, 6.07) is 1.93. The van der Waals surface area contributed by atoms with E-state index in [1.54, 1.807) is 10.6 Å². The number of carboxylic acid groups (broad SMARTS) is 1. The van der Waals surface area contributed by atoms with Gasteiger partial charge in [0.2, 0.25) is 0 Å². The third-order valence-electron chi connectivity index (χ3n) is 3.97. The monoisotopic (exact) mass is 324 g/mol. The zero-order chi connectivity index (χ0) is 15.0. The number of hydrogen-bond donors (Lipinski definition) is 1. The summed E-state index contributed by atoms with van der Waals surface area (Å²) in [5.74, 6) is -0.555. The molecule has 112 valence electrons. The Kier molecular flexibility index (Phi) is 4.03. The Morgan fingerprint density at radius 2 is 2.38 bits per heavy atom. The number of aromatic nitrogens is 2. The van der Waals surface area contributed by atoms with Crippen molar-refractivity contribution in [1.82, 2.24) is 9.55 Å². The van der Waals surface area contributed by atoms with Gasteiger partial charge in [-0.1, -0.05) is 25.1 Å². The highest BCUT2D eigenvalue weighted by atomic mass is 32.2. The normalized spacial score (nSPS) is 22.0. The molecule has 2 atom stereocenters. The number of carbonyl (C=O) groups is 1. The molecule has 1 fully saturated rings. The average molecular weight is 324 g/mol. The minimum absolute atomic E-state index is 0.0344.